The maximum absolute atomic E-state index is 3.46. The van der Waals surface area contributed by atoms with Gasteiger partial charge in [-0.1, -0.05) is 11.6 Å². The van der Waals surface area contributed by atoms with Gasteiger partial charge in [0.25, 0.3) is 0 Å². The van der Waals surface area contributed by atoms with Crippen LogP contribution in [0.1, 0.15) is 19.3 Å². The van der Waals surface area contributed by atoms with Crippen molar-refractivity contribution >= 4 is 0 Å². The van der Waals surface area contributed by atoms with Gasteiger partial charge in [0.15, 0.2) is 0 Å². The van der Waals surface area contributed by atoms with E-state index in [-0.39, 0.29) is 0 Å². The van der Waals surface area contributed by atoms with Crippen molar-refractivity contribution in [3.05, 3.63) is 11.6 Å². The average Bonchev–Trinajstić information content (AvgIpc) is 2.12. The molecule has 2 rings (SSSR count). The molecule has 1 heterocycles. The molecule has 1 aliphatic carbocycles. The summed E-state index contributed by atoms with van der Waals surface area (Å²) in [4.78, 5) is 0. The molecule has 0 aromatic carbocycles. The van der Waals surface area contributed by atoms with E-state index in [2.05, 4.69) is 11.4 Å². The lowest BCUT2D eigenvalue weighted by Crippen LogP contribution is -2.30. The van der Waals surface area contributed by atoms with Gasteiger partial charge in [0.05, 0.1) is 0 Å². The van der Waals surface area contributed by atoms with Crippen LogP contribution < -0.4 is 5.32 Å². The summed E-state index contributed by atoms with van der Waals surface area (Å²) in [6, 6.07) is 0.818. The molecule has 2 bridgehead atoms. The van der Waals surface area contributed by atoms with E-state index in [9.17, 15) is 0 Å². The van der Waals surface area contributed by atoms with E-state index in [0.717, 1.165) is 6.04 Å². The van der Waals surface area contributed by atoms with E-state index >= 15 is 0 Å². The highest BCUT2D eigenvalue weighted by Crippen LogP contribution is 2.24. The molecule has 0 aromatic rings. The van der Waals surface area contributed by atoms with Crippen LogP contribution in [0.15, 0.2) is 11.6 Å². The Morgan fingerprint density at radius 3 is 3.38 bits per heavy atom. The van der Waals surface area contributed by atoms with Gasteiger partial charge in [-0.15, -0.1) is 0 Å². The molecule has 8 heavy (non-hydrogen) atoms. The fraction of sp³-hybridized carbons (Fsp3) is 0.714. The predicted molar refractivity (Wildman–Crippen MR) is 33.7 cm³/mol. The Morgan fingerprint density at radius 1 is 1.62 bits per heavy atom. The van der Waals surface area contributed by atoms with Gasteiger partial charge in [0, 0.05) is 6.04 Å². The molecule has 1 heteroatoms. The molecule has 1 nitrogen and oxygen atoms in total. The van der Waals surface area contributed by atoms with Crippen LogP contribution in [0.4, 0.5) is 0 Å². The molecule has 1 aliphatic heterocycles. The number of hydrogen-bond donors (Lipinski definition) is 1. The minimum atomic E-state index is 0.818. The predicted octanol–water partition coefficient (Wildman–Crippen LogP) is 1.07. The first-order chi connectivity index (χ1) is 3.95. The maximum atomic E-state index is 3.46. The van der Waals surface area contributed by atoms with Crippen molar-refractivity contribution in [2.45, 2.75) is 25.3 Å². The van der Waals surface area contributed by atoms with Crippen LogP contribution in [0, 0.1) is 0 Å². The molecule has 2 aliphatic rings. The topological polar surface area (TPSA) is 12.0 Å². The molecule has 1 atom stereocenters. The smallest absolute Gasteiger partial charge is 0.0139 e. The molecular weight excluding hydrogens is 98.1 g/mol. The molecule has 0 aromatic heterocycles. The molecular formula is C7H11N. The second kappa shape index (κ2) is 1.59. The van der Waals surface area contributed by atoms with Gasteiger partial charge in [0.2, 0.25) is 0 Å². The summed E-state index contributed by atoms with van der Waals surface area (Å²) < 4.78 is 0. The van der Waals surface area contributed by atoms with Crippen molar-refractivity contribution in [2.75, 3.05) is 6.54 Å². The summed E-state index contributed by atoms with van der Waals surface area (Å²) >= 11 is 0. The van der Waals surface area contributed by atoms with E-state index in [1.54, 1.807) is 5.57 Å². The van der Waals surface area contributed by atoms with Crippen molar-refractivity contribution in [3.63, 3.8) is 0 Å². The number of nitrogens with one attached hydrogen (secondary N) is 1. The van der Waals surface area contributed by atoms with Crippen LogP contribution in [0.2, 0.25) is 0 Å². The second-order valence-corrected chi connectivity index (χ2v) is 2.70. The Bertz CT molecular complexity index is 126. The first kappa shape index (κ1) is 4.57. The highest BCUT2D eigenvalue weighted by molar-refractivity contribution is 5.15. The van der Waals surface area contributed by atoms with Gasteiger partial charge in [0.1, 0.15) is 0 Å². The van der Waals surface area contributed by atoms with E-state index in [0.29, 0.717) is 0 Å². The zero-order valence-corrected chi connectivity index (χ0v) is 4.98. The van der Waals surface area contributed by atoms with E-state index in [4.69, 9.17) is 0 Å². The lowest BCUT2D eigenvalue weighted by molar-refractivity contribution is 0.498. The summed E-state index contributed by atoms with van der Waals surface area (Å²) in [7, 11) is 0. The van der Waals surface area contributed by atoms with Gasteiger partial charge in [-0.05, 0) is 25.8 Å². The van der Waals surface area contributed by atoms with Crippen molar-refractivity contribution in [2.24, 2.45) is 0 Å². The summed E-state index contributed by atoms with van der Waals surface area (Å²) in [5, 5.41) is 3.46. The Balaban J connectivity index is 2.15. The summed E-state index contributed by atoms with van der Waals surface area (Å²) in [6.45, 7) is 1.22. The minimum Gasteiger partial charge on any atom is -0.313 e. The van der Waals surface area contributed by atoms with Gasteiger partial charge < -0.3 is 5.32 Å². The number of fused-ring (bicyclic) bond motifs is 2. The van der Waals surface area contributed by atoms with Crippen LogP contribution in [-0.2, 0) is 0 Å². The minimum absolute atomic E-state index is 0.818. The first-order valence-electron chi connectivity index (χ1n) is 3.36. The monoisotopic (exact) mass is 109 g/mol. The van der Waals surface area contributed by atoms with Gasteiger partial charge >= 0.3 is 0 Å². The molecule has 1 saturated heterocycles. The second-order valence-electron chi connectivity index (χ2n) is 2.70. The summed E-state index contributed by atoms with van der Waals surface area (Å²) in [5.74, 6) is 0. The van der Waals surface area contributed by atoms with Crippen molar-refractivity contribution in [1.29, 1.82) is 0 Å². The Hall–Kier alpha value is -0.300. The van der Waals surface area contributed by atoms with Crippen LogP contribution in [0.5, 0.6) is 0 Å². The molecule has 0 radical (unpaired) electrons. The third kappa shape index (κ3) is 0.583. The maximum Gasteiger partial charge on any atom is 0.0139 e. The van der Waals surface area contributed by atoms with Crippen LogP contribution in [0.25, 0.3) is 0 Å². The number of hydrogen-bond acceptors (Lipinski definition) is 1. The number of piperidine rings is 1. The van der Waals surface area contributed by atoms with Crippen molar-refractivity contribution < 1.29 is 0 Å². The molecule has 1 N–H and O–H groups in total. The lowest BCUT2D eigenvalue weighted by Gasteiger charge is -2.17. The summed E-state index contributed by atoms with van der Waals surface area (Å²) in [5.41, 5.74) is 1.69. The molecule has 1 unspecified atom stereocenters. The highest BCUT2D eigenvalue weighted by atomic mass is 14.9. The lowest BCUT2D eigenvalue weighted by atomic mass is 10.1. The van der Waals surface area contributed by atoms with Gasteiger partial charge in [-0.3, -0.25) is 0 Å². The van der Waals surface area contributed by atoms with Crippen molar-refractivity contribution in [1.82, 2.24) is 5.32 Å². The van der Waals surface area contributed by atoms with Gasteiger partial charge in [-0.25, -0.2) is 0 Å². The molecule has 0 spiro atoms. The Labute approximate surface area is 49.8 Å². The third-order valence-corrected chi connectivity index (χ3v) is 2.08. The van der Waals surface area contributed by atoms with Gasteiger partial charge in [-0.2, -0.15) is 0 Å². The normalized spacial score (nSPS) is 35.0. The largest absolute Gasteiger partial charge is 0.313 e. The summed E-state index contributed by atoms with van der Waals surface area (Å²) in [6.07, 6.45) is 6.32. The number of rotatable bonds is 0. The first-order valence-corrected chi connectivity index (χ1v) is 3.36. The highest BCUT2D eigenvalue weighted by Gasteiger charge is 2.19. The molecule has 0 saturated carbocycles. The zero-order valence-electron chi connectivity index (χ0n) is 4.98. The fourth-order valence-electron chi connectivity index (χ4n) is 1.59. The third-order valence-electron chi connectivity index (χ3n) is 2.08. The average molecular weight is 109 g/mol. The Morgan fingerprint density at radius 2 is 2.62 bits per heavy atom. The van der Waals surface area contributed by atoms with E-state index in [1.807, 2.05) is 0 Å². The van der Waals surface area contributed by atoms with E-state index < -0.39 is 0 Å². The SMILES string of the molecule is C1=C2CCNC(C1)C2. The molecule has 0 amide bonds. The van der Waals surface area contributed by atoms with E-state index in [1.165, 1.54) is 25.8 Å². The standard InChI is InChI=1S/C7H11N/c1-2-7-5-6(1)3-4-8-7/h1,7-8H,2-5H2. The Kier molecular flexibility index (Phi) is 0.908. The molecule has 44 valence electrons. The quantitative estimate of drug-likeness (QED) is 0.459. The zero-order chi connectivity index (χ0) is 5.40. The van der Waals surface area contributed by atoms with Crippen LogP contribution in [-0.4, -0.2) is 12.6 Å². The molecule has 1 fully saturated rings. The van der Waals surface area contributed by atoms with Crippen molar-refractivity contribution in [3.8, 4) is 0 Å². The van der Waals surface area contributed by atoms with Crippen LogP contribution in [0.3, 0.4) is 0 Å². The fourth-order valence-corrected chi connectivity index (χ4v) is 1.59. The van der Waals surface area contributed by atoms with Crippen LogP contribution >= 0.6 is 0 Å².